The summed E-state index contributed by atoms with van der Waals surface area (Å²) < 4.78 is 0. The highest BCUT2D eigenvalue weighted by Gasteiger charge is 2.39. The molecular formula is C13H22N2O4. The van der Waals surface area contributed by atoms with Crippen molar-refractivity contribution in [3.05, 3.63) is 0 Å². The molecule has 0 aliphatic carbocycles. The van der Waals surface area contributed by atoms with Crippen molar-refractivity contribution in [2.24, 2.45) is 11.8 Å². The number of carboxylic acid groups (broad SMARTS) is 1. The highest BCUT2D eigenvalue weighted by atomic mass is 16.4. The fourth-order valence-corrected chi connectivity index (χ4v) is 3.07. The normalized spacial score (nSPS) is 31.6. The van der Waals surface area contributed by atoms with Crippen molar-refractivity contribution in [3.8, 4) is 0 Å². The van der Waals surface area contributed by atoms with Crippen molar-refractivity contribution < 1.29 is 19.8 Å². The van der Waals surface area contributed by atoms with Crippen molar-refractivity contribution in [1.29, 1.82) is 0 Å². The molecule has 2 amide bonds. The lowest BCUT2D eigenvalue weighted by molar-refractivity contribution is -0.142. The molecule has 0 spiro atoms. The highest BCUT2D eigenvalue weighted by molar-refractivity contribution is 5.78. The maximum absolute atomic E-state index is 12.4. The molecule has 0 bridgehead atoms. The van der Waals surface area contributed by atoms with Gasteiger partial charge in [-0.25, -0.2) is 4.79 Å². The number of hydrogen-bond acceptors (Lipinski definition) is 3. The molecule has 0 aromatic rings. The highest BCUT2D eigenvalue weighted by Crippen LogP contribution is 2.26. The summed E-state index contributed by atoms with van der Waals surface area (Å²) in [5, 5.41) is 18.4. The molecule has 0 aromatic heterocycles. The molecule has 2 heterocycles. The quantitative estimate of drug-likeness (QED) is 0.770. The number of carbonyl (C=O) groups is 2. The number of amides is 2. The lowest BCUT2D eigenvalue weighted by Crippen LogP contribution is -2.51. The number of aliphatic hydroxyl groups excluding tert-OH is 1. The van der Waals surface area contributed by atoms with Crippen LogP contribution in [-0.2, 0) is 4.79 Å². The maximum atomic E-state index is 12.4. The van der Waals surface area contributed by atoms with Gasteiger partial charge < -0.3 is 20.0 Å². The van der Waals surface area contributed by atoms with Gasteiger partial charge in [0.2, 0.25) is 0 Å². The summed E-state index contributed by atoms with van der Waals surface area (Å²) in [4.78, 5) is 26.8. The lowest BCUT2D eigenvalue weighted by Gasteiger charge is -2.37. The molecule has 2 rings (SSSR count). The van der Waals surface area contributed by atoms with Crippen molar-refractivity contribution in [1.82, 2.24) is 9.80 Å². The largest absolute Gasteiger partial charge is 0.481 e. The topological polar surface area (TPSA) is 81.1 Å². The first kappa shape index (κ1) is 14.1. The lowest BCUT2D eigenvalue weighted by atomic mass is 9.99. The number of nitrogens with zero attached hydrogens (tertiary/aromatic N) is 2. The minimum absolute atomic E-state index is 0.0150. The first-order valence-electron chi connectivity index (χ1n) is 6.93. The Morgan fingerprint density at radius 2 is 2.00 bits per heavy atom. The molecule has 2 fully saturated rings. The number of aliphatic carboxylic acids is 1. The van der Waals surface area contributed by atoms with E-state index >= 15 is 0 Å². The Kier molecular flexibility index (Phi) is 4.29. The van der Waals surface area contributed by atoms with E-state index in [4.69, 9.17) is 5.11 Å². The Labute approximate surface area is 113 Å². The van der Waals surface area contributed by atoms with Gasteiger partial charge in [0.05, 0.1) is 18.6 Å². The number of urea groups is 1. The third kappa shape index (κ3) is 2.83. The first-order valence-corrected chi connectivity index (χ1v) is 6.93. The van der Waals surface area contributed by atoms with E-state index in [0.29, 0.717) is 13.1 Å². The number of likely N-dealkylation sites (tertiary alicyclic amines) is 2. The number of aliphatic hydroxyl groups is 1. The number of carboxylic acids is 1. The molecule has 0 saturated carbocycles. The second-order valence-corrected chi connectivity index (χ2v) is 5.64. The molecular weight excluding hydrogens is 248 g/mol. The van der Waals surface area contributed by atoms with Crippen LogP contribution in [-0.4, -0.2) is 64.3 Å². The van der Waals surface area contributed by atoms with Crippen LogP contribution in [0.5, 0.6) is 0 Å². The number of rotatable bonds is 2. The Balaban J connectivity index is 2.02. The monoisotopic (exact) mass is 270 g/mol. The van der Waals surface area contributed by atoms with Crippen molar-refractivity contribution in [3.63, 3.8) is 0 Å². The minimum Gasteiger partial charge on any atom is -0.481 e. The van der Waals surface area contributed by atoms with Gasteiger partial charge in [0, 0.05) is 19.6 Å². The zero-order valence-corrected chi connectivity index (χ0v) is 11.3. The predicted octanol–water partition coefficient (Wildman–Crippen LogP) is 0.606. The smallest absolute Gasteiger partial charge is 0.320 e. The van der Waals surface area contributed by atoms with E-state index in [2.05, 4.69) is 0 Å². The molecule has 2 N–H and O–H groups in total. The maximum Gasteiger partial charge on any atom is 0.320 e. The molecule has 3 unspecified atom stereocenters. The van der Waals surface area contributed by atoms with Gasteiger partial charge in [0.25, 0.3) is 0 Å². The summed E-state index contributed by atoms with van der Waals surface area (Å²) in [6, 6.07) is -0.227. The van der Waals surface area contributed by atoms with Gasteiger partial charge in [-0.05, 0) is 25.2 Å². The third-order valence-electron chi connectivity index (χ3n) is 4.28. The van der Waals surface area contributed by atoms with Crippen LogP contribution in [0.25, 0.3) is 0 Å². The van der Waals surface area contributed by atoms with Crippen LogP contribution in [0.15, 0.2) is 0 Å². The average molecular weight is 270 g/mol. The molecule has 2 saturated heterocycles. The summed E-state index contributed by atoms with van der Waals surface area (Å²) in [7, 11) is 0. The Morgan fingerprint density at radius 3 is 2.58 bits per heavy atom. The third-order valence-corrected chi connectivity index (χ3v) is 4.28. The van der Waals surface area contributed by atoms with Crippen LogP contribution >= 0.6 is 0 Å². The zero-order valence-electron chi connectivity index (χ0n) is 11.3. The number of carbonyl (C=O) groups excluding carboxylic acids is 1. The Bertz CT molecular complexity index is 361. The summed E-state index contributed by atoms with van der Waals surface area (Å²) >= 11 is 0. The second-order valence-electron chi connectivity index (χ2n) is 5.64. The Hall–Kier alpha value is -1.30. The van der Waals surface area contributed by atoms with Gasteiger partial charge in [-0.15, -0.1) is 0 Å². The molecule has 6 nitrogen and oxygen atoms in total. The van der Waals surface area contributed by atoms with Crippen molar-refractivity contribution in [2.45, 2.75) is 32.2 Å². The minimum atomic E-state index is -0.833. The van der Waals surface area contributed by atoms with E-state index in [1.165, 1.54) is 0 Å². The van der Waals surface area contributed by atoms with Crippen LogP contribution in [0.3, 0.4) is 0 Å². The second kappa shape index (κ2) is 5.77. The van der Waals surface area contributed by atoms with E-state index in [1.54, 1.807) is 9.80 Å². The first-order chi connectivity index (χ1) is 9.04. The fourth-order valence-electron chi connectivity index (χ4n) is 3.07. The van der Waals surface area contributed by atoms with Gasteiger partial charge in [-0.2, -0.15) is 0 Å². The molecule has 3 atom stereocenters. The van der Waals surface area contributed by atoms with Crippen LogP contribution in [0.1, 0.15) is 26.2 Å². The van der Waals surface area contributed by atoms with Gasteiger partial charge in [-0.1, -0.05) is 6.92 Å². The van der Waals surface area contributed by atoms with Crippen molar-refractivity contribution >= 4 is 12.0 Å². The van der Waals surface area contributed by atoms with Crippen LogP contribution in [0.2, 0.25) is 0 Å². The summed E-state index contributed by atoms with van der Waals surface area (Å²) in [6.07, 6.45) is 2.81. The molecule has 2 aliphatic heterocycles. The van der Waals surface area contributed by atoms with E-state index in [9.17, 15) is 14.7 Å². The molecule has 6 heteroatoms. The van der Waals surface area contributed by atoms with E-state index in [-0.39, 0.29) is 31.1 Å². The van der Waals surface area contributed by atoms with Crippen LogP contribution in [0.4, 0.5) is 4.79 Å². The fraction of sp³-hybridized carbons (Fsp3) is 0.846. The van der Waals surface area contributed by atoms with E-state index in [0.717, 1.165) is 19.3 Å². The number of piperidine rings is 1. The molecule has 0 radical (unpaired) electrons. The number of hydrogen-bond donors (Lipinski definition) is 2. The van der Waals surface area contributed by atoms with Gasteiger partial charge in [0.15, 0.2) is 0 Å². The van der Waals surface area contributed by atoms with Crippen LogP contribution < -0.4 is 0 Å². The van der Waals surface area contributed by atoms with E-state index < -0.39 is 11.9 Å². The SMILES string of the molecule is CC1CN(C(=O)N2CCCCC2CO)CC1C(=O)O. The van der Waals surface area contributed by atoms with Gasteiger partial charge in [0.1, 0.15) is 0 Å². The summed E-state index contributed by atoms with van der Waals surface area (Å²) in [5.41, 5.74) is 0. The summed E-state index contributed by atoms with van der Waals surface area (Å²) in [6.45, 7) is 3.28. The average Bonchev–Trinajstić information content (AvgIpc) is 2.80. The molecule has 19 heavy (non-hydrogen) atoms. The van der Waals surface area contributed by atoms with E-state index in [1.807, 2.05) is 6.92 Å². The molecule has 108 valence electrons. The van der Waals surface area contributed by atoms with Crippen molar-refractivity contribution in [2.75, 3.05) is 26.2 Å². The summed E-state index contributed by atoms with van der Waals surface area (Å²) in [5.74, 6) is -1.32. The molecule has 0 aromatic carbocycles. The molecule has 2 aliphatic rings. The zero-order chi connectivity index (χ0) is 14.0. The van der Waals surface area contributed by atoms with Gasteiger partial charge >= 0.3 is 12.0 Å². The van der Waals surface area contributed by atoms with Crippen LogP contribution in [0, 0.1) is 11.8 Å². The standard InChI is InChI=1S/C13H22N2O4/c1-9-6-14(7-11(9)12(17)18)13(19)15-5-3-2-4-10(15)8-16/h9-11,16H,2-8H2,1H3,(H,17,18). The predicted molar refractivity (Wildman–Crippen MR) is 68.7 cm³/mol. The van der Waals surface area contributed by atoms with Gasteiger partial charge in [-0.3, -0.25) is 4.79 Å². The Morgan fingerprint density at radius 1 is 1.26 bits per heavy atom.